The summed E-state index contributed by atoms with van der Waals surface area (Å²) in [4.78, 5) is 0. The van der Waals surface area contributed by atoms with E-state index in [2.05, 4.69) is 26.6 Å². The number of nitrogens with one attached hydrogen (secondary N) is 2. The maximum Gasteiger partial charge on any atom is 0.171 e. The first-order valence-corrected chi connectivity index (χ1v) is 7.74. The van der Waals surface area contributed by atoms with Crippen LogP contribution in [0.15, 0.2) is 16.6 Å². The van der Waals surface area contributed by atoms with Gasteiger partial charge in [-0.3, -0.25) is 0 Å². The molecule has 1 fully saturated rings. The van der Waals surface area contributed by atoms with E-state index in [1.807, 2.05) is 12.1 Å². The van der Waals surface area contributed by atoms with Crippen LogP contribution < -0.4 is 10.6 Å². The maximum atomic E-state index is 6.15. The van der Waals surface area contributed by atoms with Crippen LogP contribution in [0.4, 0.5) is 5.69 Å². The number of rotatable bonds is 2. The third-order valence-electron chi connectivity index (χ3n) is 2.97. The molecule has 1 aromatic rings. The zero-order chi connectivity index (χ0) is 13.1. The lowest BCUT2D eigenvalue weighted by Gasteiger charge is -2.16. The Morgan fingerprint density at radius 3 is 2.56 bits per heavy atom. The molecule has 0 amide bonds. The molecule has 0 unspecified atom stereocenters. The van der Waals surface area contributed by atoms with Gasteiger partial charge in [-0.15, -0.1) is 0 Å². The molecule has 98 valence electrons. The van der Waals surface area contributed by atoms with Crippen molar-refractivity contribution < 1.29 is 0 Å². The largest absolute Gasteiger partial charge is 0.360 e. The van der Waals surface area contributed by atoms with Crippen molar-refractivity contribution in [3.8, 4) is 0 Å². The van der Waals surface area contributed by atoms with Gasteiger partial charge in [-0.25, -0.2) is 0 Å². The van der Waals surface area contributed by atoms with E-state index in [1.165, 1.54) is 25.7 Å². The highest BCUT2D eigenvalue weighted by Crippen LogP contribution is 2.35. The van der Waals surface area contributed by atoms with Gasteiger partial charge in [0.2, 0.25) is 0 Å². The summed E-state index contributed by atoms with van der Waals surface area (Å²) in [5, 5.41) is 7.95. The Morgan fingerprint density at radius 1 is 1.22 bits per heavy atom. The monoisotopic (exact) mass is 366 g/mol. The van der Waals surface area contributed by atoms with Crippen LogP contribution in [0.1, 0.15) is 25.7 Å². The molecular formula is C12H13BrCl2N2S. The maximum absolute atomic E-state index is 6.15. The van der Waals surface area contributed by atoms with E-state index in [1.54, 1.807) is 0 Å². The second-order valence-electron chi connectivity index (χ2n) is 4.30. The van der Waals surface area contributed by atoms with Crippen LogP contribution in [0.3, 0.4) is 0 Å². The molecule has 0 heterocycles. The minimum absolute atomic E-state index is 0.474. The fraction of sp³-hybridized carbons (Fsp3) is 0.417. The predicted molar refractivity (Wildman–Crippen MR) is 85.8 cm³/mol. The zero-order valence-electron chi connectivity index (χ0n) is 9.60. The van der Waals surface area contributed by atoms with Crippen LogP contribution in [0.5, 0.6) is 0 Å². The molecule has 1 aliphatic rings. The van der Waals surface area contributed by atoms with Crippen molar-refractivity contribution in [1.82, 2.24) is 5.32 Å². The molecule has 18 heavy (non-hydrogen) atoms. The van der Waals surface area contributed by atoms with Crippen LogP contribution in [-0.2, 0) is 0 Å². The molecule has 0 atom stereocenters. The zero-order valence-corrected chi connectivity index (χ0v) is 13.5. The average molecular weight is 368 g/mol. The molecule has 2 rings (SSSR count). The summed E-state index contributed by atoms with van der Waals surface area (Å²) in [7, 11) is 0. The van der Waals surface area contributed by atoms with Gasteiger partial charge in [0.15, 0.2) is 5.11 Å². The highest BCUT2D eigenvalue weighted by Gasteiger charge is 2.16. The van der Waals surface area contributed by atoms with Crippen LogP contribution >= 0.6 is 51.3 Å². The van der Waals surface area contributed by atoms with Crippen molar-refractivity contribution in [3.05, 3.63) is 26.7 Å². The lowest BCUT2D eigenvalue weighted by Crippen LogP contribution is -2.35. The van der Waals surface area contributed by atoms with Crippen LogP contribution in [0.25, 0.3) is 0 Å². The van der Waals surface area contributed by atoms with Crippen LogP contribution in [0.2, 0.25) is 10.0 Å². The highest BCUT2D eigenvalue weighted by molar-refractivity contribution is 9.10. The number of benzene rings is 1. The van der Waals surface area contributed by atoms with Crippen molar-refractivity contribution in [2.45, 2.75) is 31.7 Å². The molecule has 0 bridgehead atoms. The molecule has 0 aromatic heterocycles. The third kappa shape index (κ3) is 3.50. The molecule has 2 nitrogen and oxygen atoms in total. The molecule has 1 aliphatic carbocycles. The summed E-state index contributed by atoms with van der Waals surface area (Å²) in [6.45, 7) is 0. The summed E-state index contributed by atoms with van der Waals surface area (Å²) in [6.07, 6.45) is 4.89. The Hall–Kier alpha value is -0.0300. The Bertz CT molecular complexity index is 462. The quantitative estimate of drug-likeness (QED) is 0.569. The van der Waals surface area contributed by atoms with Gasteiger partial charge in [0.1, 0.15) is 0 Å². The Kier molecular flexibility index (Phi) is 5.13. The van der Waals surface area contributed by atoms with Crippen molar-refractivity contribution >= 4 is 62.1 Å². The molecule has 0 saturated heterocycles. The normalized spacial score (nSPS) is 15.7. The first kappa shape index (κ1) is 14.4. The predicted octanol–water partition coefficient (Wildman–Crippen LogP) is 4.98. The van der Waals surface area contributed by atoms with E-state index in [0.29, 0.717) is 21.2 Å². The number of halogens is 3. The SMILES string of the molecule is S=C(Nc1ccc(Br)c(Cl)c1Cl)NC1CCCC1. The summed E-state index contributed by atoms with van der Waals surface area (Å²) >= 11 is 20.8. The topological polar surface area (TPSA) is 24.1 Å². The molecular weight excluding hydrogens is 355 g/mol. The Morgan fingerprint density at radius 2 is 1.89 bits per heavy atom. The summed E-state index contributed by atoms with van der Waals surface area (Å²) in [6, 6.07) is 4.17. The van der Waals surface area contributed by atoms with Gasteiger partial charge in [0, 0.05) is 10.5 Å². The molecule has 1 aromatic carbocycles. The van der Waals surface area contributed by atoms with Crippen molar-refractivity contribution in [2.24, 2.45) is 0 Å². The van der Waals surface area contributed by atoms with Gasteiger partial charge < -0.3 is 10.6 Å². The Balaban J connectivity index is 2.00. The van der Waals surface area contributed by atoms with Gasteiger partial charge in [0.25, 0.3) is 0 Å². The van der Waals surface area contributed by atoms with Gasteiger partial charge in [-0.1, -0.05) is 36.0 Å². The van der Waals surface area contributed by atoms with Crippen LogP contribution in [-0.4, -0.2) is 11.2 Å². The van der Waals surface area contributed by atoms with Crippen LogP contribution in [0, 0.1) is 0 Å². The standard InChI is InChI=1S/C12H13BrCl2N2S/c13-8-5-6-9(11(15)10(8)14)17-12(18)16-7-3-1-2-4-7/h5-7H,1-4H2,(H2,16,17,18). The van der Waals surface area contributed by atoms with E-state index in [0.717, 1.165) is 10.2 Å². The van der Waals surface area contributed by atoms with Gasteiger partial charge in [0.05, 0.1) is 15.7 Å². The van der Waals surface area contributed by atoms with Crippen molar-refractivity contribution in [3.63, 3.8) is 0 Å². The van der Waals surface area contributed by atoms with E-state index >= 15 is 0 Å². The fourth-order valence-electron chi connectivity index (χ4n) is 2.04. The minimum atomic E-state index is 0.474. The van der Waals surface area contributed by atoms with E-state index in [4.69, 9.17) is 35.4 Å². The van der Waals surface area contributed by atoms with Crippen molar-refractivity contribution in [1.29, 1.82) is 0 Å². The summed E-state index contributed by atoms with van der Waals surface area (Å²) in [5.74, 6) is 0. The van der Waals surface area contributed by atoms with Gasteiger partial charge in [-0.2, -0.15) is 0 Å². The lowest BCUT2D eigenvalue weighted by molar-refractivity contribution is 0.634. The van der Waals surface area contributed by atoms with E-state index in [-0.39, 0.29) is 0 Å². The number of anilines is 1. The first-order chi connectivity index (χ1) is 8.58. The molecule has 0 aliphatic heterocycles. The second-order valence-corrected chi connectivity index (χ2v) is 6.32. The molecule has 2 N–H and O–H groups in total. The second kappa shape index (κ2) is 6.42. The first-order valence-electron chi connectivity index (χ1n) is 5.79. The molecule has 6 heteroatoms. The van der Waals surface area contributed by atoms with Gasteiger partial charge in [-0.05, 0) is 53.1 Å². The highest BCUT2D eigenvalue weighted by atomic mass is 79.9. The molecule has 0 radical (unpaired) electrons. The summed E-state index contributed by atoms with van der Waals surface area (Å²) in [5.41, 5.74) is 0.723. The average Bonchev–Trinajstić information content (AvgIpc) is 2.83. The minimum Gasteiger partial charge on any atom is -0.360 e. The number of hydrogen-bond donors (Lipinski definition) is 2. The lowest BCUT2D eigenvalue weighted by atomic mass is 10.2. The smallest absolute Gasteiger partial charge is 0.171 e. The third-order valence-corrected chi connectivity index (χ3v) is 4.96. The molecule has 1 saturated carbocycles. The fourth-order valence-corrected chi connectivity index (χ4v) is 3.13. The molecule has 0 spiro atoms. The van der Waals surface area contributed by atoms with E-state index < -0.39 is 0 Å². The number of thiocarbonyl (C=S) groups is 1. The Labute approximate surface area is 131 Å². The number of hydrogen-bond acceptors (Lipinski definition) is 1. The van der Waals surface area contributed by atoms with Gasteiger partial charge >= 0.3 is 0 Å². The van der Waals surface area contributed by atoms with E-state index in [9.17, 15) is 0 Å². The van der Waals surface area contributed by atoms with Crippen molar-refractivity contribution in [2.75, 3.05) is 5.32 Å². The summed E-state index contributed by atoms with van der Waals surface area (Å²) < 4.78 is 0.773.